The first-order chi connectivity index (χ1) is 14.0. The molecule has 2 heterocycles. The van der Waals surface area contributed by atoms with Crippen LogP contribution in [0.3, 0.4) is 0 Å². The highest BCUT2D eigenvalue weighted by Gasteiger charge is 2.29. The lowest BCUT2D eigenvalue weighted by atomic mass is 10.0. The van der Waals surface area contributed by atoms with Gasteiger partial charge < -0.3 is 9.26 Å². The van der Waals surface area contributed by atoms with E-state index in [9.17, 15) is 8.42 Å². The minimum absolute atomic E-state index is 0.150. The predicted octanol–water partition coefficient (Wildman–Crippen LogP) is 4.14. The molecule has 1 aliphatic rings. The number of ether oxygens (including phenoxy) is 1. The maximum Gasteiger partial charge on any atom is 0.247 e. The van der Waals surface area contributed by atoms with Crippen molar-refractivity contribution >= 4 is 15.6 Å². The molecule has 6 nitrogen and oxygen atoms in total. The van der Waals surface area contributed by atoms with Crippen molar-refractivity contribution in [3.05, 3.63) is 71.9 Å². The number of hydrogen-bond donors (Lipinski definition) is 0. The Kier molecular flexibility index (Phi) is 5.25. The fourth-order valence-corrected chi connectivity index (χ4v) is 4.97. The standard InChI is InChI=1S/C22H22N2O4S/c1-16-14-20(28-23-16)19-8-9-22(21(15-19)27-2)29(25,26)24-12-10-18(11-13-24)17-6-4-3-5-7-17/h3-10,14-15H,11-13H2,1-2H3. The molecule has 0 radical (unpaired) electrons. The van der Waals surface area contributed by atoms with Crippen LogP contribution in [0.4, 0.5) is 0 Å². The van der Waals surface area contributed by atoms with Gasteiger partial charge in [0.2, 0.25) is 10.0 Å². The zero-order chi connectivity index (χ0) is 20.4. The highest BCUT2D eigenvalue weighted by atomic mass is 32.2. The molecule has 0 fully saturated rings. The molecule has 1 aromatic heterocycles. The molecule has 0 atom stereocenters. The Labute approximate surface area is 170 Å². The van der Waals surface area contributed by atoms with Crippen molar-refractivity contribution in [3.8, 4) is 17.1 Å². The molecular weight excluding hydrogens is 388 g/mol. The van der Waals surface area contributed by atoms with E-state index in [0.29, 0.717) is 30.8 Å². The van der Waals surface area contributed by atoms with Crippen LogP contribution in [0, 0.1) is 6.92 Å². The van der Waals surface area contributed by atoms with Gasteiger partial charge in [0.05, 0.1) is 12.8 Å². The first kappa shape index (κ1) is 19.4. The second-order valence-corrected chi connectivity index (χ2v) is 8.81. The molecule has 4 rings (SSSR count). The molecule has 0 spiro atoms. The number of nitrogens with zero attached hydrogens (tertiary/aromatic N) is 2. The van der Waals surface area contributed by atoms with Crippen molar-refractivity contribution in [2.45, 2.75) is 18.2 Å². The summed E-state index contributed by atoms with van der Waals surface area (Å²) in [6, 6.07) is 16.8. The third-order valence-corrected chi connectivity index (χ3v) is 6.91. The van der Waals surface area contributed by atoms with Crippen molar-refractivity contribution in [1.82, 2.24) is 9.46 Å². The monoisotopic (exact) mass is 410 g/mol. The maximum atomic E-state index is 13.2. The Balaban J connectivity index is 1.61. The van der Waals surface area contributed by atoms with Crippen LogP contribution in [0.15, 0.2) is 70.1 Å². The van der Waals surface area contributed by atoms with E-state index in [4.69, 9.17) is 9.26 Å². The van der Waals surface area contributed by atoms with Crippen LogP contribution in [0.25, 0.3) is 16.9 Å². The SMILES string of the molecule is COc1cc(-c2cc(C)no2)ccc1S(=O)(=O)N1CC=C(c2ccccc2)CC1. The molecular formula is C22H22N2O4S. The van der Waals surface area contributed by atoms with Gasteiger partial charge in [-0.1, -0.05) is 41.6 Å². The first-order valence-electron chi connectivity index (χ1n) is 9.35. The number of rotatable bonds is 5. The quantitative estimate of drug-likeness (QED) is 0.632. The zero-order valence-corrected chi connectivity index (χ0v) is 17.1. The summed E-state index contributed by atoms with van der Waals surface area (Å²) in [7, 11) is -2.22. The van der Waals surface area contributed by atoms with Gasteiger partial charge in [-0.3, -0.25) is 0 Å². The average Bonchev–Trinajstić information content (AvgIpc) is 3.20. The maximum absolute atomic E-state index is 13.2. The van der Waals surface area contributed by atoms with Crippen molar-refractivity contribution in [2.75, 3.05) is 20.2 Å². The van der Waals surface area contributed by atoms with Gasteiger partial charge in [0.1, 0.15) is 10.6 Å². The number of hydrogen-bond acceptors (Lipinski definition) is 5. The van der Waals surface area contributed by atoms with Crippen LogP contribution in [0.5, 0.6) is 5.75 Å². The highest BCUT2D eigenvalue weighted by Crippen LogP contribution is 2.33. The van der Waals surface area contributed by atoms with Crippen molar-refractivity contribution in [3.63, 3.8) is 0 Å². The Morgan fingerprint density at radius 3 is 2.48 bits per heavy atom. The summed E-state index contributed by atoms with van der Waals surface area (Å²) in [6.45, 7) is 2.59. The van der Waals surface area contributed by atoms with Crippen LogP contribution in [-0.4, -0.2) is 38.1 Å². The van der Waals surface area contributed by atoms with Gasteiger partial charge in [-0.05, 0) is 42.7 Å². The van der Waals surface area contributed by atoms with Crippen molar-refractivity contribution in [2.24, 2.45) is 0 Å². The van der Waals surface area contributed by atoms with E-state index in [1.807, 2.05) is 43.3 Å². The van der Waals surface area contributed by atoms with Crippen molar-refractivity contribution in [1.29, 1.82) is 0 Å². The third-order valence-electron chi connectivity index (χ3n) is 5.01. The summed E-state index contributed by atoms with van der Waals surface area (Å²) in [5.74, 6) is 0.854. The lowest BCUT2D eigenvalue weighted by Crippen LogP contribution is -2.34. The summed E-state index contributed by atoms with van der Waals surface area (Å²) in [4.78, 5) is 0.150. The van der Waals surface area contributed by atoms with Crippen molar-refractivity contribution < 1.29 is 17.7 Å². The molecule has 29 heavy (non-hydrogen) atoms. The zero-order valence-electron chi connectivity index (χ0n) is 16.3. The van der Waals surface area contributed by atoms with E-state index in [-0.39, 0.29) is 10.6 Å². The number of methoxy groups -OCH3 is 1. The Bertz CT molecular complexity index is 1150. The summed E-state index contributed by atoms with van der Waals surface area (Å²) in [5, 5.41) is 3.88. The molecule has 0 N–H and O–H groups in total. The van der Waals surface area contributed by atoms with Gasteiger partial charge in [-0.25, -0.2) is 8.42 Å². The second-order valence-electron chi connectivity index (χ2n) is 6.91. The topological polar surface area (TPSA) is 72.6 Å². The van der Waals surface area contributed by atoms with E-state index < -0.39 is 10.0 Å². The molecule has 0 amide bonds. The van der Waals surface area contributed by atoms with Crippen LogP contribution in [-0.2, 0) is 10.0 Å². The van der Waals surface area contributed by atoms with E-state index in [1.54, 1.807) is 24.3 Å². The molecule has 7 heteroatoms. The largest absolute Gasteiger partial charge is 0.495 e. The van der Waals surface area contributed by atoms with Crippen LogP contribution in [0.2, 0.25) is 0 Å². The van der Waals surface area contributed by atoms with Gasteiger partial charge >= 0.3 is 0 Å². The fourth-order valence-electron chi connectivity index (χ4n) is 3.46. The molecule has 0 saturated carbocycles. The lowest BCUT2D eigenvalue weighted by molar-refractivity contribution is 0.394. The summed E-state index contributed by atoms with van der Waals surface area (Å²) >= 11 is 0. The molecule has 3 aromatic rings. The number of aryl methyl sites for hydroxylation is 1. The van der Waals surface area contributed by atoms with Crippen LogP contribution in [0.1, 0.15) is 17.7 Å². The summed E-state index contributed by atoms with van der Waals surface area (Å²) in [6.07, 6.45) is 2.65. The summed E-state index contributed by atoms with van der Waals surface area (Å²) in [5.41, 5.74) is 3.77. The Morgan fingerprint density at radius 1 is 1.07 bits per heavy atom. The predicted molar refractivity (Wildman–Crippen MR) is 111 cm³/mol. The molecule has 150 valence electrons. The first-order valence-corrected chi connectivity index (χ1v) is 10.8. The Morgan fingerprint density at radius 2 is 1.86 bits per heavy atom. The van der Waals surface area contributed by atoms with Crippen LogP contribution < -0.4 is 4.74 Å². The van der Waals surface area contributed by atoms with E-state index in [1.165, 1.54) is 17.0 Å². The van der Waals surface area contributed by atoms with E-state index >= 15 is 0 Å². The second kappa shape index (κ2) is 7.85. The molecule has 2 aromatic carbocycles. The molecule has 0 saturated heterocycles. The number of aromatic nitrogens is 1. The van der Waals surface area contributed by atoms with Gasteiger partial charge in [0.25, 0.3) is 0 Å². The van der Waals surface area contributed by atoms with Gasteiger partial charge in [-0.15, -0.1) is 0 Å². The molecule has 0 bridgehead atoms. The molecule has 0 unspecified atom stereocenters. The fraction of sp³-hybridized carbons (Fsp3) is 0.227. The van der Waals surface area contributed by atoms with Gasteiger partial charge in [0.15, 0.2) is 5.76 Å². The lowest BCUT2D eigenvalue weighted by Gasteiger charge is -2.26. The highest BCUT2D eigenvalue weighted by molar-refractivity contribution is 7.89. The van der Waals surface area contributed by atoms with Crippen LogP contribution >= 0.6 is 0 Å². The average molecular weight is 410 g/mol. The normalized spacial score (nSPS) is 15.2. The minimum Gasteiger partial charge on any atom is -0.495 e. The molecule has 0 aliphatic carbocycles. The minimum atomic E-state index is -3.69. The van der Waals surface area contributed by atoms with Gasteiger partial charge in [0, 0.05) is 24.7 Å². The van der Waals surface area contributed by atoms with E-state index in [2.05, 4.69) is 5.16 Å². The van der Waals surface area contributed by atoms with Gasteiger partial charge in [-0.2, -0.15) is 4.31 Å². The Hall–Kier alpha value is -2.90. The number of sulfonamides is 1. The smallest absolute Gasteiger partial charge is 0.247 e. The number of benzene rings is 2. The third kappa shape index (κ3) is 3.83. The summed E-state index contributed by atoms with van der Waals surface area (Å²) < 4.78 is 38.6. The van der Waals surface area contributed by atoms with E-state index in [0.717, 1.165) is 11.3 Å². The molecule has 1 aliphatic heterocycles.